The van der Waals surface area contributed by atoms with Gasteiger partial charge in [-0.15, -0.1) is 0 Å². The summed E-state index contributed by atoms with van der Waals surface area (Å²) >= 11 is 5.84. The maximum Gasteiger partial charge on any atom is 0.158 e. The van der Waals surface area contributed by atoms with Crippen LogP contribution in [0.1, 0.15) is 24.3 Å². The van der Waals surface area contributed by atoms with E-state index in [1.165, 1.54) is 5.56 Å². The predicted molar refractivity (Wildman–Crippen MR) is 65.6 cm³/mol. The van der Waals surface area contributed by atoms with Gasteiger partial charge in [0.25, 0.3) is 0 Å². The van der Waals surface area contributed by atoms with E-state index in [0.29, 0.717) is 6.42 Å². The molecule has 16 heavy (non-hydrogen) atoms. The van der Waals surface area contributed by atoms with Gasteiger partial charge in [-0.25, -0.2) is 0 Å². The molecule has 84 valence electrons. The number of carbonyl (C=O) groups excluding carboxylic acids is 1. The minimum atomic E-state index is 0.190. The van der Waals surface area contributed by atoms with Gasteiger partial charge in [-0.05, 0) is 30.0 Å². The summed E-state index contributed by atoms with van der Waals surface area (Å²) in [5.41, 5.74) is 2.19. The SMILES string of the molecule is CNC1=CC(=O)CC(c2ccc(Cl)cc2)C1. The van der Waals surface area contributed by atoms with Crippen LogP contribution in [-0.2, 0) is 4.79 Å². The first-order chi connectivity index (χ1) is 7.69. The van der Waals surface area contributed by atoms with Crippen LogP contribution in [0.2, 0.25) is 5.02 Å². The predicted octanol–water partition coefficient (Wildman–Crippen LogP) is 2.89. The summed E-state index contributed by atoms with van der Waals surface area (Å²) in [5.74, 6) is 0.466. The molecule has 0 aliphatic heterocycles. The number of halogens is 1. The topological polar surface area (TPSA) is 29.1 Å². The fourth-order valence-corrected chi connectivity index (χ4v) is 2.16. The highest BCUT2D eigenvalue weighted by molar-refractivity contribution is 6.30. The van der Waals surface area contributed by atoms with Crippen molar-refractivity contribution in [3.05, 3.63) is 46.6 Å². The molecule has 0 radical (unpaired) electrons. The Hall–Kier alpha value is -1.28. The number of benzene rings is 1. The van der Waals surface area contributed by atoms with Crippen molar-refractivity contribution in [1.29, 1.82) is 0 Å². The zero-order chi connectivity index (χ0) is 11.5. The average molecular weight is 236 g/mol. The minimum absolute atomic E-state index is 0.190. The summed E-state index contributed by atoms with van der Waals surface area (Å²) in [6.45, 7) is 0. The van der Waals surface area contributed by atoms with Crippen LogP contribution in [0.25, 0.3) is 0 Å². The number of ketones is 1. The smallest absolute Gasteiger partial charge is 0.158 e. The second-order valence-electron chi connectivity index (χ2n) is 4.04. The molecule has 0 bridgehead atoms. The van der Waals surface area contributed by atoms with E-state index in [1.54, 1.807) is 6.08 Å². The lowest BCUT2D eigenvalue weighted by molar-refractivity contribution is -0.115. The second kappa shape index (κ2) is 4.71. The fraction of sp³-hybridized carbons (Fsp3) is 0.308. The third-order valence-electron chi connectivity index (χ3n) is 2.91. The normalized spacial score (nSPS) is 20.5. The molecule has 0 spiro atoms. The van der Waals surface area contributed by atoms with Crippen molar-refractivity contribution in [2.24, 2.45) is 0 Å². The third-order valence-corrected chi connectivity index (χ3v) is 3.16. The van der Waals surface area contributed by atoms with Crippen LogP contribution in [0.3, 0.4) is 0 Å². The van der Waals surface area contributed by atoms with Crippen LogP contribution < -0.4 is 5.32 Å². The van der Waals surface area contributed by atoms with Crippen molar-refractivity contribution >= 4 is 17.4 Å². The van der Waals surface area contributed by atoms with Crippen LogP contribution in [0.5, 0.6) is 0 Å². The Morgan fingerprint density at radius 2 is 1.94 bits per heavy atom. The summed E-state index contributed by atoms with van der Waals surface area (Å²) in [7, 11) is 1.85. The largest absolute Gasteiger partial charge is 0.391 e. The van der Waals surface area contributed by atoms with Crippen molar-refractivity contribution in [1.82, 2.24) is 5.32 Å². The van der Waals surface area contributed by atoms with E-state index in [9.17, 15) is 4.79 Å². The lowest BCUT2D eigenvalue weighted by Gasteiger charge is -2.22. The molecule has 1 aromatic carbocycles. The van der Waals surface area contributed by atoms with Crippen LogP contribution >= 0.6 is 11.6 Å². The maximum atomic E-state index is 11.5. The second-order valence-corrected chi connectivity index (χ2v) is 4.48. The number of allylic oxidation sites excluding steroid dienone is 2. The monoisotopic (exact) mass is 235 g/mol. The number of nitrogens with one attached hydrogen (secondary N) is 1. The van der Waals surface area contributed by atoms with E-state index in [0.717, 1.165) is 17.1 Å². The van der Waals surface area contributed by atoms with E-state index >= 15 is 0 Å². The molecule has 1 unspecified atom stereocenters. The number of carbonyl (C=O) groups is 1. The minimum Gasteiger partial charge on any atom is -0.391 e. The number of hydrogen-bond donors (Lipinski definition) is 1. The molecule has 0 amide bonds. The Bertz CT molecular complexity index is 422. The van der Waals surface area contributed by atoms with E-state index in [4.69, 9.17) is 11.6 Å². The van der Waals surface area contributed by atoms with Crippen molar-refractivity contribution in [2.75, 3.05) is 7.05 Å². The molecule has 1 aromatic rings. The van der Waals surface area contributed by atoms with Gasteiger partial charge in [0.05, 0.1) is 0 Å². The van der Waals surface area contributed by atoms with Crippen molar-refractivity contribution in [2.45, 2.75) is 18.8 Å². The third kappa shape index (κ3) is 2.45. The Morgan fingerprint density at radius 3 is 2.56 bits per heavy atom. The molecule has 1 N–H and O–H groups in total. The van der Waals surface area contributed by atoms with E-state index in [2.05, 4.69) is 5.32 Å². The van der Waals surface area contributed by atoms with Crippen molar-refractivity contribution in [3.63, 3.8) is 0 Å². The van der Waals surface area contributed by atoms with E-state index in [1.807, 2.05) is 31.3 Å². The molecule has 0 heterocycles. The Kier molecular flexibility index (Phi) is 3.30. The van der Waals surface area contributed by atoms with Gasteiger partial charge < -0.3 is 5.32 Å². The molecule has 1 atom stereocenters. The zero-order valence-electron chi connectivity index (χ0n) is 9.16. The number of rotatable bonds is 2. The molecular formula is C13H14ClNO. The first-order valence-corrected chi connectivity index (χ1v) is 5.73. The Balaban J connectivity index is 2.20. The summed E-state index contributed by atoms with van der Waals surface area (Å²) in [6, 6.07) is 7.75. The molecular weight excluding hydrogens is 222 g/mol. The highest BCUT2D eigenvalue weighted by Gasteiger charge is 2.21. The summed E-state index contributed by atoms with van der Waals surface area (Å²) < 4.78 is 0. The van der Waals surface area contributed by atoms with Gasteiger partial charge in [-0.2, -0.15) is 0 Å². The molecule has 1 aliphatic rings. The highest BCUT2D eigenvalue weighted by atomic mass is 35.5. The molecule has 1 aliphatic carbocycles. The standard InChI is InChI=1S/C13H14ClNO/c1-15-12-6-10(7-13(16)8-12)9-2-4-11(14)5-3-9/h2-5,8,10,15H,6-7H2,1H3. The summed E-state index contributed by atoms with van der Waals surface area (Å²) in [5, 5.41) is 3.79. The lowest BCUT2D eigenvalue weighted by Crippen LogP contribution is -2.19. The van der Waals surface area contributed by atoms with Crippen LogP contribution in [0, 0.1) is 0 Å². The van der Waals surface area contributed by atoms with Crippen LogP contribution in [0.4, 0.5) is 0 Å². The molecule has 2 rings (SSSR count). The quantitative estimate of drug-likeness (QED) is 0.854. The van der Waals surface area contributed by atoms with Gasteiger partial charge in [0.1, 0.15) is 0 Å². The van der Waals surface area contributed by atoms with Crippen molar-refractivity contribution in [3.8, 4) is 0 Å². The van der Waals surface area contributed by atoms with Gasteiger partial charge in [0.15, 0.2) is 5.78 Å². The lowest BCUT2D eigenvalue weighted by atomic mass is 9.85. The van der Waals surface area contributed by atoms with Gasteiger partial charge in [-0.1, -0.05) is 23.7 Å². The Morgan fingerprint density at radius 1 is 1.25 bits per heavy atom. The van der Waals surface area contributed by atoms with Crippen LogP contribution in [-0.4, -0.2) is 12.8 Å². The Labute approximate surface area is 100 Å². The van der Waals surface area contributed by atoms with Gasteiger partial charge in [-0.3, -0.25) is 4.79 Å². The van der Waals surface area contributed by atoms with Crippen LogP contribution in [0.15, 0.2) is 36.0 Å². The number of hydrogen-bond acceptors (Lipinski definition) is 2. The summed E-state index contributed by atoms with van der Waals surface area (Å²) in [6.07, 6.45) is 3.18. The zero-order valence-corrected chi connectivity index (χ0v) is 9.92. The van der Waals surface area contributed by atoms with Gasteiger partial charge in [0.2, 0.25) is 0 Å². The first-order valence-electron chi connectivity index (χ1n) is 5.35. The van der Waals surface area contributed by atoms with Gasteiger partial charge >= 0.3 is 0 Å². The van der Waals surface area contributed by atoms with Gasteiger partial charge in [0, 0.05) is 30.3 Å². The molecule has 0 saturated heterocycles. The molecule has 0 saturated carbocycles. The molecule has 0 aromatic heterocycles. The summed E-state index contributed by atoms with van der Waals surface area (Å²) in [4.78, 5) is 11.5. The maximum absolute atomic E-state index is 11.5. The van der Waals surface area contributed by atoms with E-state index in [-0.39, 0.29) is 11.7 Å². The fourth-order valence-electron chi connectivity index (χ4n) is 2.04. The average Bonchev–Trinajstić information content (AvgIpc) is 2.29. The molecule has 0 fully saturated rings. The van der Waals surface area contributed by atoms with E-state index < -0.39 is 0 Å². The molecule has 3 heteroatoms. The molecule has 2 nitrogen and oxygen atoms in total. The highest BCUT2D eigenvalue weighted by Crippen LogP contribution is 2.30. The first kappa shape index (κ1) is 11.2. The van der Waals surface area contributed by atoms with Crippen molar-refractivity contribution < 1.29 is 4.79 Å².